The molecular formula is CH5NS28. The third-order valence-electron chi connectivity index (χ3n) is 2.13. The molecule has 0 aromatic rings. The molecule has 0 atom stereocenters. The summed E-state index contributed by atoms with van der Waals surface area (Å²) in [5.41, 5.74) is 0. The zero-order valence-corrected chi connectivity index (χ0v) is 35.2. The number of hydrogen-bond acceptors (Lipinski definition) is 19. The van der Waals surface area contributed by atoms with E-state index in [1.54, 1.807) is 5.40 Å². The maximum absolute atomic E-state index is 9.46. The third-order valence-corrected chi connectivity index (χ3v) is 159. The molecule has 0 N–H and O–H groups in total. The maximum Gasteiger partial charge on any atom is 0.152 e. The molecule has 1 nitrogen and oxygen atoms in total. The van der Waals surface area contributed by atoms with E-state index in [1.807, 2.05) is 0 Å². The van der Waals surface area contributed by atoms with E-state index in [9.17, 15) is 5.26 Å². The SMILES string of the molecule is [2H]S([2H])([2H])([2H])([2H])S(=S)(=S)S(=S)(=S)S(=S)(=S)S(=S)(=S)S(=S)(=S)S(=S)(=S)S(=S)(=S)S(=S)(=S)S(=S)(=S)C#N. The Balaban J connectivity index is 7.96. The predicted octanol–water partition coefficient (Wildman–Crippen LogP) is -0.738. The minimum absolute atomic E-state index is 1.71. The minimum atomic E-state index is -6.98. The summed E-state index contributed by atoms with van der Waals surface area (Å²) in [6.45, 7) is 0. The molecule has 29 heteroatoms. The van der Waals surface area contributed by atoms with E-state index in [1.165, 1.54) is 0 Å². The van der Waals surface area contributed by atoms with E-state index in [0.717, 1.165) is 0 Å². The minimum Gasteiger partial charge on any atom is -0.265 e. The first kappa shape index (κ1) is 28.5. The van der Waals surface area contributed by atoms with Crippen molar-refractivity contribution in [2.24, 2.45) is 0 Å². The Morgan fingerprint density at radius 2 is 0.700 bits per heavy atom. The Bertz CT molecular complexity index is 2020. The summed E-state index contributed by atoms with van der Waals surface area (Å²) in [7, 11) is 0. The largest absolute Gasteiger partial charge is 0.265 e. The van der Waals surface area contributed by atoms with E-state index in [-0.39, 0.29) is 0 Å². The van der Waals surface area contributed by atoms with Gasteiger partial charge in [0.2, 0.25) is 0 Å². The van der Waals surface area contributed by atoms with Crippen LogP contribution in [0.4, 0.5) is 0 Å². The van der Waals surface area contributed by atoms with Crippen LogP contribution in [0, 0.1) is 10.7 Å². The Morgan fingerprint density at radius 3 is 0.933 bits per heavy atom. The standard InChI is InChI=1S/CH5NS28/c2-1-22(3,4)24(8,9)26(12,13)28(16,17)30(20,21)29(18,19)27(14,15)25(10,11)23(5,6)7/h5H5/i5D5. The fourth-order valence-electron chi connectivity index (χ4n) is 0.768. The molecule has 0 aliphatic rings. The fourth-order valence-corrected chi connectivity index (χ4v) is 170. The van der Waals surface area contributed by atoms with Crippen molar-refractivity contribution in [1.82, 2.24) is 0 Å². The van der Waals surface area contributed by atoms with Gasteiger partial charge in [-0.2, -0.15) is 5.26 Å². The van der Waals surface area contributed by atoms with Crippen LogP contribution in [0.15, 0.2) is 0 Å². The summed E-state index contributed by atoms with van der Waals surface area (Å²) in [6, 6.07) is 0. The topological polar surface area (TPSA) is 23.8 Å². The second-order valence-electron chi connectivity index (χ2n) is 3.81. The van der Waals surface area contributed by atoms with Crippen molar-refractivity contribution in [3.05, 3.63) is 0 Å². The lowest BCUT2D eigenvalue weighted by atomic mass is 11.8. The van der Waals surface area contributed by atoms with Crippen molar-refractivity contribution in [2.75, 3.05) is 0 Å². The highest BCUT2D eigenvalue weighted by molar-refractivity contribution is 9.73. The van der Waals surface area contributed by atoms with Crippen LogP contribution < -0.4 is 0 Å². The Morgan fingerprint density at radius 1 is 0.467 bits per heavy atom. The summed E-state index contributed by atoms with van der Waals surface area (Å²) >= 11 is 90.9. The average molecular weight is 934 g/mol. The molecule has 0 saturated heterocycles. The van der Waals surface area contributed by atoms with Gasteiger partial charge >= 0.3 is 0 Å². The summed E-state index contributed by atoms with van der Waals surface area (Å²) in [5, 5.41) is -18.8. The molecule has 182 valence electrons. The van der Waals surface area contributed by atoms with Crippen LogP contribution in [0.1, 0.15) is 0 Å². The van der Waals surface area contributed by atoms with Gasteiger partial charge in [0.25, 0.3) is 0 Å². The van der Waals surface area contributed by atoms with E-state index < -0.39 is 59.0 Å². The predicted molar refractivity (Wildman–Crippen MR) is 219 cm³/mol. The number of hydrogen-bond donors (Lipinski definition) is 0. The summed E-state index contributed by atoms with van der Waals surface area (Å²) in [5.74, 6) is 0. The molecule has 0 radical (unpaired) electrons. The Labute approximate surface area is 270 Å². The van der Waals surface area contributed by atoms with Crippen LogP contribution in [0.5, 0.6) is 0 Å². The summed E-state index contributed by atoms with van der Waals surface area (Å²) in [6.07, 6.45) is -3.23. The van der Waals surface area contributed by atoms with Gasteiger partial charge in [0, 0.05) is 36.5 Å². The van der Waals surface area contributed by atoms with Crippen molar-refractivity contribution < 1.29 is 0 Å². The second-order valence-corrected chi connectivity index (χ2v) is 96.2. The van der Waals surface area contributed by atoms with Crippen molar-refractivity contribution in [1.29, 1.82) is 10.9 Å². The highest BCUT2D eigenvalue weighted by Gasteiger charge is 2.40. The molecule has 30 heavy (non-hydrogen) atoms. The Kier molecular flexibility index (Phi) is 10.9. The lowest BCUT2D eigenvalue weighted by Crippen LogP contribution is -2.35. The zero-order valence-electron chi connectivity index (χ0n) is 17.4. The molecule has 0 heterocycles. The van der Waals surface area contributed by atoms with Crippen molar-refractivity contribution >= 4 is 260 Å². The van der Waals surface area contributed by atoms with Gasteiger partial charge in [-0.25, -0.2) is 0 Å². The van der Waals surface area contributed by atoms with Gasteiger partial charge in [-0.15, -0.1) is 0 Å². The maximum atomic E-state index is 9.46. The number of thiocyanates is 1. The molecule has 0 spiro atoms. The van der Waals surface area contributed by atoms with Crippen LogP contribution in [0.25, 0.3) is 0 Å². The van der Waals surface area contributed by atoms with Crippen LogP contribution in [-0.4, -0.2) is 5.62 Å². The van der Waals surface area contributed by atoms with Crippen LogP contribution in [0.3, 0.4) is 0 Å². The second kappa shape index (κ2) is 11.4. The first-order valence-corrected chi connectivity index (χ1v) is 41.3. The van der Waals surface area contributed by atoms with E-state index >= 15 is 0 Å². The molecule has 0 aliphatic heterocycles. The number of rotatable bonds is 9. The average Bonchev–Trinajstić information content (AvgIpc) is 2.57. The molecule has 0 aromatic carbocycles. The molecule has 0 unspecified atom stereocenters. The van der Waals surface area contributed by atoms with Crippen molar-refractivity contribution in [3.63, 3.8) is 0 Å². The van der Waals surface area contributed by atoms with Crippen LogP contribution in [-0.2, 0) is 249 Å². The molecule has 0 amide bonds. The first-order valence-electron chi connectivity index (χ1n) is 6.97. The van der Waals surface area contributed by atoms with Crippen molar-refractivity contribution in [2.45, 2.75) is 0 Å². The molecule has 0 aromatic heterocycles. The molecular weight excluding hydrogens is 924 g/mol. The van der Waals surface area contributed by atoms with Crippen molar-refractivity contribution in [3.8, 4) is 5.40 Å². The van der Waals surface area contributed by atoms with Gasteiger partial charge in [-0.05, 0) is 207 Å². The van der Waals surface area contributed by atoms with Gasteiger partial charge in [0.15, 0.2) is 5.40 Å². The highest BCUT2D eigenvalue weighted by atomic mass is 34.4. The molecule has 0 rings (SSSR count). The number of nitriles is 1. The smallest absolute Gasteiger partial charge is 0.152 e. The number of nitrogens with zero attached hydrogens (tertiary/aromatic N) is 1. The van der Waals surface area contributed by atoms with Gasteiger partial charge in [0.1, 0.15) is 0 Å². The summed E-state index contributed by atoms with van der Waals surface area (Å²) in [4.78, 5) is 0. The monoisotopic (exact) mass is 931 g/mol. The first-order chi connectivity index (χ1) is 14.3. The normalized spacial score (nSPS) is 21.2. The van der Waals surface area contributed by atoms with Gasteiger partial charge < -0.3 is 0 Å². The Hall–Kier alpha value is 6.95. The third kappa shape index (κ3) is 6.00. The zero-order chi connectivity index (χ0) is 29.6. The molecule has 0 fully saturated rings. The van der Waals surface area contributed by atoms with E-state index in [4.69, 9.17) is 207 Å². The quantitative estimate of drug-likeness (QED) is 0.215. The molecule has 0 bridgehead atoms. The van der Waals surface area contributed by atoms with E-state index in [2.05, 4.69) is 0 Å². The van der Waals surface area contributed by atoms with Crippen LogP contribution in [0.2, 0.25) is 0 Å². The highest BCUT2D eigenvalue weighted by Crippen LogP contribution is 2.37. The molecule has 0 saturated carbocycles. The summed E-state index contributed by atoms with van der Waals surface area (Å²) < 4.78 is 39.6. The van der Waals surface area contributed by atoms with Gasteiger partial charge in [-0.3, -0.25) is 11.2 Å². The fraction of sp³-hybridized carbons (Fsp3) is 0. The van der Waals surface area contributed by atoms with Gasteiger partial charge in [-0.1, -0.05) is 0 Å². The van der Waals surface area contributed by atoms with Crippen LogP contribution >= 0.6 is 11.2 Å². The lowest BCUT2D eigenvalue weighted by Gasteiger charge is -2.32. The van der Waals surface area contributed by atoms with E-state index in [0.29, 0.717) is 0 Å². The van der Waals surface area contributed by atoms with Gasteiger partial charge in [0.05, 0.1) is 11.8 Å². The molecule has 0 aliphatic carbocycles. The lowest BCUT2D eigenvalue weighted by molar-refractivity contribution is 1.57.